The third kappa shape index (κ3) is 1.99. The van der Waals surface area contributed by atoms with E-state index >= 15 is 0 Å². The van der Waals surface area contributed by atoms with Crippen molar-refractivity contribution >= 4 is 9.84 Å². The van der Waals surface area contributed by atoms with Gasteiger partial charge in [-0.15, -0.1) is 20.5 Å². The van der Waals surface area contributed by atoms with Crippen LogP contribution in [0, 0.1) is 0 Å². The predicted molar refractivity (Wildman–Crippen MR) is 84.6 cm³/mol. The summed E-state index contributed by atoms with van der Waals surface area (Å²) in [6.07, 6.45) is 0. The summed E-state index contributed by atoms with van der Waals surface area (Å²) in [5.74, 6) is 0. The first-order valence-electron chi connectivity index (χ1n) is 7.16. The quantitative estimate of drug-likeness (QED) is 0.828. The van der Waals surface area contributed by atoms with E-state index in [1.54, 1.807) is 60.7 Å². The number of nitrogens with zero attached hydrogens (tertiary/aromatic N) is 8. The minimum atomic E-state index is -4.41. The molecule has 2 aromatic carbocycles. The number of rotatable bonds is 4. The number of hydrogen-bond acceptors (Lipinski definition) is 10. The molecule has 11 heteroatoms. The molecule has 0 N–H and O–H groups in total. The Morgan fingerprint density at radius 2 is 0.880 bits per heavy atom. The first kappa shape index (κ1) is 15.3. The summed E-state index contributed by atoms with van der Waals surface area (Å²) in [6.45, 7) is 0. The summed E-state index contributed by atoms with van der Waals surface area (Å²) in [4.78, 5) is -4.21. The van der Waals surface area contributed by atoms with Crippen LogP contribution >= 0.6 is 0 Å². The fourth-order valence-electron chi connectivity index (χ4n) is 2.63. The Morgan fingerprint density at radius 1 is 0.560 bits per heavy atom. The number of sulfone groups is 1. The first-order valence-corrected chi connectivity index (χ1v) is 8.64. The predicted octanol–water partition coefficient (Wildman–Crippen LogP) is 3.69. The van der Waals surface area contributed by atoms with E-state index in [9.17, 15) is 8.42 Å². The maximum atomic E-state index is 13.7. The second-order valence-electron chi connectivity index (χ2n) is 5.21. The van der Waals surface area contributed by atoms with Crippen LogP contribution in [0.5, 0.6) is 0 Å². The zero-order valence-electron chi connectivity index (χ0n) is 12.6. The third-order valence-electron chi connectivity index (χ3n) is 3.85. The van der Waals surface area contributed by atoms with E-state index in [0.717, 1.165) is 0 Å². The van der Waals surface area contributed by atoms with Crippen molar-refractivity contribution in [2.24, 2.45) is 41.4 Å². The minimum absolute atomic E-state index is 0.271. The molecule has 0 fully saturated rings. The fraction of sp³-hybridized carbons (Fsp3) is 0.143. The van der Waals surface area contributed by atoms with Gasteiger partial charge in [-0.25, -0.2) is 8.42 Å². The van der Waals surface area contributed by atoms with Gasteiger partial charge in [0.2, 0.25) is 0 Å². The van der Waals surface area contributed by atoms with Crippen molar-refractivity contribution in [3.05, 3.63) is 71.8 Å². The van der Waals surface area contributed by atoms with Crippen molar-refractivity contribution in [2.45, 2.75) is 9.99 Å². The van der Waals surface area contributed by atoms with E-state index in [-0.39, 0.29) is 11.1 Å². The molecule has 0 saturated heterocycles. The van der Waals surface area contributed by atoms with Crippen LogP contribution < -0.4 is 0 Å². The molecule has 25 heavy (non-hydrogen) atoms. The Balaban J connectivity index is 1.99. The second kappa shape index (κ2) is 5.41. The van der Waals surface area contributed by atoms with E-state index in [0.29, 0.717) is 0 Å². The van der Waals surface area contributed by atoms with Crippen molar-refractivity contribution in [3.8, 4) is 0 Å². The highest BCUT2D eigenvalue weighted by Crippen LogP contribution is 2.50. The zero-order valence-corrected chi connectivity index (χ0v) is 13.4. The van der Waals surface area contributed by atoms with Crippen molar-refractivity contribution in [2.75, 3.05) is 0 Å². The summed E-state index contributed by atoms with van der Waals surface area (Å²) >= 11 is 0. The third-order valence-corrected chi connectivity index (χ3v) is 6.15. The molecule has 0 saturated carbocycles. The molecule has 0 amide bonds. The van der Waals surface area contributed by atoms with Gasteiger partial charge in [-0.05, 0) is 20.9 Å². The monoisotopic (exact) mass is 354 g/mol. The van der Waals surface area contributed by atoms with E-state index in [2.05, 4.69) is 41.4 Å². The van der Waals surface area contributed by atoms with Gasteiger partial charge in [0.25, 0.3) is 9.84 Å². The Morgan fingerprint density at radius 3 is 1.20 bits per heavy atom. The summed E-state index contributed by atoms with van der Waals surface area (Å²) in [5.41, 5.74) is 0.542. The van der Waals surface area contributed by atoms with E-state index < -0.39 is 19.8 Å². The lowest BCUT2D eigenvalue weighted by atomic mass is 10.2. The summed E-state index contributed by atoms with van der Waals surface area (Å²) in [7, 11) is -4.41. The van der Waals surface area contributed by atoms with E-state index in [1.165, 1.54) is 0 Å². The fourth-order valence-corrected chi connectivity index (χ4v) is 4.49. The Hall–Kier alpha value is -3.21. The SMILES string of the molecule is O=S(=O)(C1(c2ccccc2)N=NN=N1)C1(c2ccccc2)N=NN=N1. The average molecular weight is 354 g/mol. The van der Waals surface area contributed by atoms with Gasteiger partial charge in [-0.2, -0.15) is 0 Å². The molecular weight excluding hydrogens is 344 g/mol. The molecule has 0 aliphatic carbocycles. The molecule has 0 radical (unpaired) electrons. The van der Waals surface area contributed by atoms with Crippen molar-refractivity contribution < 1.29 is 8.42 Å². The molecule has 10 nitrogen and oxygen atoms in total. The molecule has 2 aliphatic rings. The van der Waals surface area contributed by atoms with Crippen LogP contribution in [-0.2, 0) is 19.8 Å². The molecule has 4 rings (SSSR count). The highest BCUT2D eigenvalue weighted by molar-refractivity contribution is 7.93. The van der Waals surface area contributed by atoms with Crippen LogP contribution in [0.4, 0.5) is 0 Å². The molecule has 2 heterocycles. The lowest BCUT2D eigenvalue weighted by Gasteiger charge is -2.28. The molecular formula is C14H10N8O2S. The van der Waals surface area contributed by atoms with Crippen molar-refractivity contribution in [3.63, 3.8) is 0 Å². The highest BCUT2D eigenvalue weighted by Gasteiger charge is 2.64. The van der Waals surface area contributed by atoms with Gasteiger partial charge >= 0.3 is 9.99 Å². The average Bonchev–Trinajstić information content (AvgIpc) is 3.35. The molecule has 2 aromatic rings. The zero-order chi connectivity index (χ0) is 17.4. The largest absolute Gasteiger partial charge is 0.323 e. The van der Waals surface area contributed by atoms with Crippen LogP contribution in [0.25, 0.3) is 0 Å². The van der Waals surface area contributed by atoms with Gasteiger partial charge in [0.15, 0.2) is 0 Å². The van der Waals surface area contributed by atoms with Gasteiger partial charge in [-0.3, -0.25) is 0 Å². The molecule has 0 spiro atoms. The molecule has 0 atom stereocenters. The maximum Gasteiger partial charge on any atom is 0.323 e. The summed E-state index contributed by atoms with van der Waals surface area (Å²) in [5, 5.41) is 29.0. The lowest BCUT2D eigenvalue weighted by molar-refractivity contribution is 0.483. The molecule has 0 bridgehead atoms. The van der Waals surface area contributed by atoms with Crippen LogP contribution in [0.1, 0.15) is 11.1 Å². The number of benzene rings is 2. The minimum Gasteiger partial charge on any atom is -0.219 e. The van der Waals surface area contributed by atoms with Crippen LogP contribution in [-0.4, -0.2) is 8.42 Å². The van der Waals surface area contributed by atoms with Gasteiger partial charge in [0, 0.05) is 11.1 Å². The molecule has 0 unspecified atom stereocenters. The Bertz CT molecular complexity index is 914. The molecule has 2 aliphatic heterocycles. The molecule has 0 aromatic heterocycles. The van der Waals surface area contributed by atoms with E-state index in [1.807, 2.05) is 0 Å². The summed E-state index contributed by atoms with van der Waals surface area (Å²) < 4.78 is 27.3. The Kier molecular flexibility index (Phi) is 3.32. The first-order chi connectivity index (χ1) is 12.1. The number of hydrogen-bond donors (Lipinski definition) is 0. The maximum absolute atomic E-state index is 13.7. The standard InChI is InChI=1S/C14H10N8O2S/c23-25(24,13(15-19-20-16-13)11-7-3-1-4-8-11)14(17-21-22-18-14)12-9-5-2-6-10-12/h1-10H. The normalized spacial score (nSPS) is 19.5. The van der Waals surface area contributed by atoms with Gasteiger partial charge in [-0.1, -0.05) is 60.7 Å². The van der Waals surface area contributed by atoms with E-state index in [4.69, 9.17) is 0 Å². The van der Waals surface area contributed by atoms with Crippen LogP contribution in [0.3, 0.4) is 0 Å². The topological polar surface area (TPSA) is 133 Å². The highest BCUT2D eigenvalue weighted by atomic mass is 32.2. The lowest BCUT2D eigenvalue weighted by Crippen LogP contribution is -2.43. The van der Waals surface area contributed by atoms with Crippen LogP contribution in [0.2, 0.25) is 0 Å². The second-order valence-corrected chi connectivity index (χ2v) is 7.36. The van der Waals surface area contributed by atoms with Gasteiger partial charge in [0.05, 0.1) is 0 Å². The van der Waals surface area contributed by atoms with Gasteiger partial charge in [0.1, 0.15) is 0 Å². The van der Waals surface area contributed by atoms with Gasteiger partial charge < -0.3 is 0 Å². The van der Waals surface area contributed by atoms with Crippen molar-refractivity contribution in [1.82, 2.24) is 0 Å². The summed E-state index contributed by atoms with van der Waals surface area (Å²) in [6, 6.07) is 16.5. The molecule has 124 valence electrons. The van der Waals surface area contributed by atoms with Crippen molar-refractivity contribution in [1.29, 1.82) is 0 Å². The van der Waals surface area contributed by atoms with Crippen LogP contribution in [0.15, 0.2) is 102 Å². The Labute approximate surface area is 142 Å². The smallest absolute Gasteiger partial charge is 0.219 e.